The number of hydrogen-bond donors (Lipinski definition) is 0. The average Bonchev–Trinajstić information content (AvgIpc) is 3.41. The summed E-state index contributed by atoms with van der Waals surface area (Å²) in [4.78, 5) is 33.4. The third kappa shape index (κ3) is 6.58. The van der Waals surface area contributed by atoms with Gasteiger partial charge in [-0.1, -0.05) is 89.7 Å². The first-order chi connectivity index (χ1) is 22.9. The van der Waals surface area contributed by atoms with E-state index in [4.69, 9.17) is 35.5 Å². The topological polar surface area (TPSA) is 88.4 Å². The van der Waals surface area contributed by atoms with Crippen molar-refractivity contribution < 1.29 is 23.7 Å². The van der Waals surface area contributed by atoms with E-state index >= 15 is 0 Å². The summed E-state index contributed by atoms with van der Waals surface area (Å²) in [5.41, 5.74) is 3.37. The molecule has 4 aromatic carbocycles. The van der Waals surface area contributed by atoms with Crippen LogP contribution < -0.4 is 29.1 Å². The standard InChI is InChI=1S/C37H31ClN2O6S/c1-4-45-36(42)31-32(24-11-6-5-7-12-24)39-37-40(33(31)25-16-18-28(43-2)19-17-25)35(41)30(47-37)21-26-13-9-15-29(44-3)34(26)46-22-23-10-8-14-27(38)20-23/h5-21,33H,4,22H2,1-3H3/b30-21-/t33-/m0/s1. The summed E-state index contributed by atoms with van der Waals surface area (Å²) in [5.74, 6) is 1.09. The number of hydrogen-bond acceptors (Lipinski definition) is 8. The van der Waals surface area contributed by atoms with Crippen LogP contribution in [-0.2, 0) is 16.1 Å². The molecule has 0 spiro atoms. The first-order valence-corrected chi connectivity index (χ1v) is 16.1. The number of aromatic nitrogens is 1. The monoisotopic (exact) mass is 666 g/mol. The van der Waals surface area contributed by atoms with E-state index in [9.17, 15) is 9.59 Å². The number of fused-ring (bicyclic) bond motifs is 1. The van der Waals surface area contributed by atoms with Crippen LogP contribution in [0.2, 0.25) is 5.02 Å². The molecule has 0 amide bonds. The van der Waals surface area contributed by atoms with Gasteiger partial charge in [-0.3, -0.25) is 9.36 Å². The van der Waals surface area contributed by atoms with Crippen LogP contribution in [0.25, 0.3) is 11.8 Å². The molecule has 2 heterocycles. The summed E-state index contributed by atoms with van der Waals surface area (Å²) >= 11 is 7.42. The molecule has 0 fully saturated rings. The molecule has 1 aliphatic rings. The van der Waals surface area contributed by atoms with Crippen molar-refractivity contribution in [1.82, 2.24) is 4.57 Å². The fourth-order valence-corrected chi connectivity index (χ4v) is 6.63. The van der Waals surface area contributed by atoms with Gasteiger partial charge in [-0.25, -0.2) is 9.79 Å². The highest BCUT2D eigenvalue weighted by molar-refractivity contribution is 7.07. The maximum absolute atomic E-state index is 14.4. The fourth-order valence-electron chi connectivity index (χ4n) is 5.43. The van der Waals surface area contributed by atoms with E-state index in [0.29, 0.717) is 48.4 Å². The minimum atomic E-state index is -0.808. The molecule has 1 aliphatic heterocycles. The zero-order valence-electron chi connectivity index (χ0n) is 25.9. The Balaban J connectivity index is 1.55. The molecular weight excluding hydrogens is 636 g/mol. The quantitative estimate of drug-likeness (QED) is 0.165. The molecule has 1 aromatic heterocycles. The van der Waals surface area contributed by atoms with Gasteiger partial charge in [-0.05, 0) is 54.5 Å². The van der Waals surface area contributed by atoms with Crippen LogP contribution in [0.3, 0.4) is 0 Å². The van der Waals surface area contributed by atoms with Crippen molar-refractivity contribution in [2.24, 2.45) is 4.99 Å². The Labute approximate surface area is 280 Å². The molecule has 0 aliphatic carbocycles. The summed E-state index contributed by atoms with van der Waals surface area (Å²) in [7, 11) is 3.15. The number of carbonyl (C=O) groups excluding carboxylic acids is 1. The first kappa shape index (κ1) is 31.8. The highest BCUT2D eigenvalue weighted by Crippen LogP contribution is 2.36. The van der Waals surface area contributed by atoms with Crippen molar-refractivity contribution in [1.29, 1.82) is 0 Å². The van der Waals surface area contributed by atoms with Gasteiger partial charge in [-0.15, -0.1) is 0 Å². The maximum Gasteiger partial charge on any atom is 0.338 e. The number of methoxy groups -OCH3 is 2. The smallest absolute Gasteiger partial charge is 0.338 e. The molecule has 47 heavy (non-hydrogen) atoms. The van der Waals surface area contributed by atoms with Gasteiger partial charge >= 0.3 is 5.97 Å². The van der Waals surface area contributed by atoms with Gasteiger partial charge in [0.2, 0.25) is 0 Å². The van der Waals surface area contributed by atoms with Crippen LogP contribution in [0.4, 0.5) is 0 Å². The van der Waals surface area contributed by atoms with E-state index in [-0.39, 0.29) is 24.3 Å². The van der Waals surface area contributed by atoms with Crippen molar-refractivity contribution >= 4 is 40.7 Å². The van der Waals surface area contributed by atoms with E-state index in [1.54, 1.807) is 56.1 Å². The number of benzene rings is 4. The Hall–Kier alpha value is -5.12. The predicted molar refractivity (Wildman–Crippen MR) is 183 cm³/mol. The van der Waals surface area contributed by atoms with Gasteiger partial charge < -0.3 is 18.9 Å². The van der Waals surface area contributed by atoms with Crippen molar-refractivity contribution in [2.75, 3.05) is 20.8 Å². The Morgan fingerprint density at radius 2 is 1.72 bits per heavy atom. The predicted octanol–water partition coefficient (Wildman–Crippen LogP) is 6.19. The van der Waals surface area contributed by atoms with Gasteiger partial charge in [-0.2, -0.15) is 0 Å². The van der Waals surface area contributed by atoms with E-state index < -0.39 is 12.0 Å². The second-order valence-electron chi connectivity index (χ2n) is 10.5. The zero-order valence-corrected chi connectivity index (χ0v) is 27.5. The fraction of sp³-hybridized carbons (Fsp3) is 0.162. The molecule has 0 unspecified atom stereocenters. The normalized spacial score (nSPS) is 14.3. The highest BCUT2D eigenvalue weighted by atomic mass is 35.5. The summed E-state index contributed by atoms with van der Waals surface area (Å²) in [5, 5.41) is 0.607. The van der Waals surface area contributed by atoms with Gasteiger partial charge in [0.15, 0.2) is 16.3 Å². The Bertz CT molecular complexity index is 2140. The summed E-state index contributed by atoms with van der Waals surface area (Å²) in [6, 6.07) is 28.8. The van der Waals surface area contributed by atoms with Crippen LogP contribution in [0.15, 0.2) is 112 Å². The SMILES string of the molecule is CCOC(=O)C1=C(c2ccccc2)N=c2s/c(=C\c3cccc(OC)c3OCc3cccc(Cl)c3)c(=O)n2[C@H]1c1ccc(OC)cc1. The van der Waals surface area contributed by atoms with Gasteiger partial charge in [0.25, 0.3) is 5.56 Å². The number of esters is 1. The van der Waals surface area contributed by atoms with Gasteiger partial charge in [0.1, 0.15) is 12.4 Å². The van der Waals surface area contributed by atoms with Crippen LogP contribution >= 0.6 is 22.9 Å². The van der Waals surface area contributed by atoms with Crippen LogP contribution in [0, 0.1) is 0 Å². The molecule has 0 N–H and O–H groups in total. The number of para-hydroxylation sites is 1. The third-order valence-corrected chi connectivity index (χ3v) is 8.81. The zero-order chi connectivity index (χ0) is 32.9. The largest absolute Gasteiger partial charge is 0.497 e. The minimum absolute atomic E-state index is 0.165. The van der Waals surface area contributed by atoms with Gasteiger partial charge in [0.05, 0.1) is 42.7 Å². The minimum Gasteiger partial charge on any atom is -0.497 e. The Kier molecular flexibility index (Phi) is 9.56. The molecule has 0 bridgehead atoms. The number of thiazole rings is 1. The lowest BCUT2D eigenvalue weighted by molar-refractivity contribution is -0.138. The lowest BCUT2D eigenvalue weighted by Gasteiger charge is -2.26. The molecule has 0 radical (unpaired) electrons. The Morgan fingerprint density at radius 1 is 0.957 bits per heavy atom. The molecule has 0 saturated heterocycles. The van der Waals surface area contributed by atoms with Gasteiger partial charge in [0, 0.05) is 16.1 Å². The van der Waals surface area contributed by atoms with Crippen molar-refractivity contribution in [3.05, 3.63) is 150 Å². The highest BCUT2D eigenvalue weighted by Gasteiger charge is 2.35. The molecule has 10 heteroatoms. The van der Waals surface area contributed by atoms with Crippen LogP contribution in [0.1, 0.15) is 35.2 Å². The molecule has 1 atom stereocenters. The Morgan fingerprint density at radius 3 is 2.43 bits per heavy atom. The molecular formula is C37H31ClN2O6S. The van der Waals surface area contributed by atoms with E-state index in [0.717, 1.165) is 11.1 Å². The average molecular weight is 667 g/mol. The second kappa shape index (κ2) is 14.1. The number of carbonyl (C=O) groups is 1. The van der Waals surface area contributed by atoms with Crippen molar-refractivity contribution in [2.45, 2.75) is 19.6 Å². The van der Waals surface area contributed by atoms with Crippen LogP contribution in [0.5, 0.6) is 17.2 Å². The lowest BCUT2D eigenvalue weighted by atomic mass is 9.93. The maximum atomic E-state index is 14.4. The molecule has 238 valence electrons. The molecule has 5 aromatic rings. The van der Waals surface area contributed by atoms with E-state index in [1.165, 1.54) is 11.3 Å². The number of rotatable bonds is 10. The van der Waals surface area contributed by atoms with E-state index in [2.05, 4.69) is 0 Å². The third-order valence-electron chi connectivity index (χ3n) is 7.59. The number of halogens is 1. The van der Waals surface area contributed by atoms with Crippen LogP contribution in [-0.4, -0.2) is 31.4 Å². The summed E-state index contributed by atoms with van der Waals surface area (Å²) in [6.07, 6.45) is 1.76. The first-order valence-electron chi connectivity index (χ1n) is 14.9. The molecule has 6 rings (SSSR count). The number of nitrogens with zero attached hydrogens (tertiary/aromatic N) is 2. The van der Waals surface area contributed by atoms with Crippen molar-refractivity contribution in [3.63, 3.8) is 0 Å². The number of ether oxygens (including phenoxy) is 4. The second-order valence-corrected chi connectivity index (χ2v) is 11.9. The lowest BCUT2D eigenvalue weighted by Crippen LogP contribution is -2.40. The summed E-state index contributed by atoms with van der Waals surface area (Å²) in [6.45, 7) is 2.15. The van der Waals surface area contributed by atoms with Crippen molar-refractivity contribution in [3.8, 4) is 17.2 Å². The van der Waals surface area contributed by atoms with E-state index in [1.807, 2.05) is 72.8 Å². The molecule has 0 saturated carbocycles. The molecule has 8 nitrogen and oxygen atoms in total. The summed E-state index contributed by atoms with van der Waals surface area (Å²) < 4.78 is 24.8.